The number of thioether (sulfide) groups is 1. The van der Waals surface area contributed by atoms with E-state index in [1.165, 1.54) is 23.9 Å². The van der Waals surface area contributed by atoms with E-state index in [2.05, 4.69) is 10.2 Å². The first kappa shape index (κ1) is 23.4. The number of benzene rings is 3. The molecule has 0 aliphatic rings. The summed E-state index contributed by atoms with van der Waals surface area (Å²) in [5.74, 6) is 0.982. The predicted molar refractivity (Wildman–Crippen MR) is 128 cm³/mol. The second kappa shape index (κ2) is 10.5. The van der Waals surface area contributed by atoms with Gasteiger partial charge in [-0.1, -0.05) is 48.2 Å². The average molecular weight is 479 g/mol. The van der Waals surface area contributed by atoms with Crippen LogP contribution in [-0.2, 0) is 6.61 Å². The van der Waals surface area contributed by atoms with E-state index < -0.39 is 5.25 Å². The molecule has 3 aromatic carbocycles. The number of aryl methyl sites for hydroxylation is 2. The maximum atomic E-state index is 13.4. The lowest BCUT2D eigenvalue weighted by Gasteiger charge is -2.15. The molecule has 1 heterocycles. The van der Waals surface area contributed by atoms with Crippen molar-refractivity contribution in [3.8, 4) is 11.4 Å². The normalized spacial score (nSPS) is 11.9. The number of rotatable bonds is 9. The summed E-state index contributed by atoms with van der Waals surface area (Å²) in [5.41, 5.74) is 3.50. The Kier molecular flexibility index (Phi) is 7.22. The Hall–Kier alpha value is -3.72. The minimum absolute atomic E-state index is 0.225. The van der Waals surface area contributed by atoms with Crippen LogP contribution in [0.15, 0.2) is 78.0 Å². The molecule has 9 heteroatoms. The zero-order valence-corrected chi connectivity index (χ0v) is 19.5. The van der Waals surface area contributed by atoms with Gasteiger partial charge in [0.1, 0.15) is 29.2 Å². The smallest absolute Gasteiger partial charge is 0.220 e. The molecule has 0 bridgehead atoms. The van der Waals surface area contributed by atoms with Crippen molar-refractivity contribution in [3.05, 3.63) is 111 Å². The lowest BCUT2D eigenvalue weighted by atomic mass is 10.1. The average Bonchev–Trinajstić information content (AvgIpc) is 3.17. The van der Waals surface area contributed by atoms with E-state index in [9.17, 15) is 14.5 Å². The summed E-state index contributed by atoms with van der Waals surface area (Å²) in [5, 5.41) is 20.0. The van der Waals surface area contributed by atoms with Crippen molar-refractivity contribution in [2.75, 3.05) is 6.54 Å². The molecule has 1 aromatic heterocycles. The molecule has 0 spiro atoms. The van der Waals surface area contributed by atoms with Gasteiger partial charge in [0.05, 0.1) is 0 Å². The van der Waals surface area contributed by atoms with E-state index in [1.54, 1.807) is 24.3 Å². The quantitative estimate of drug-likeness (QED) is 0.174. The van der Waals surface area contributed by atoms with Crippen molar-refractivity contribution in [2.24, 2.45) is 0 Å². The van der Waals surface area contributed by atoms with Crippen molar-refractivity contribution < 1.29 is 14.1 Å². The number of halogens is 1. The van der Waals surface area contributed by atoms with E-state index in [4.69, 9.17) is 4.74 Å². The van der Waals surface area contributed by atoms with Crippen LogP contribution < -0.4 is 4.74 Å². The van der Waals surface area contributed by atoms with Crippen molar-refractivity contribution in [3.63, 3.8) is 0 Å². The van der Waals surface area contributed by atoms with Crippen LogP contribution in [0.5, 0.6) is 5.75 Å². The topological polar surface area (TPSA) is 83.1 Å². The third kappa shape index (κ3) is 5.79. The molecule has 0 saturated heterocycles. The van der Waals surface area contributed by atoms with Crippen LogP contribution in [0.2, 0.25) is 0 Å². The molecule has 0 unspecified atom stereocenters. The minimum Gasteiger partial charge on any atom is -0.489 e. The summed E-state index contributed by atoms with van der Waals surface area (Å²) in [6.45, 7) is 3.81. The first-order valence-corrected chi connectivity index (χ1v) is 11.5. The van der Waals surface area contributed by atoms with Crippen LogP contribution in [0.4, 0.5) is 4.39 Å². The molecule has 0 aliphatic heterocycles. The van der Waals surface area contributed by atoms with E-state index in [0.29, 0.717) is 16.7 Å². The molecule has 0 radical (unpaired) electrons. The summed E-state index contributed by atoms with van der Waals surface area (Å²) in [6.07, 6.45) is 0. The Balaban J connectivity index is 1.53. The van der Waals surface area contributed by atoms with Gasteiger partial charge in [-0.15, -0.1) is 10.2 Å². The third-order valence-electron chi connectivity index (χ3n) is 5.16. The number of nitro groups is 1. The molecule has 0 aliphatic carbocycles. The fourth-order valence-electron chi connectivity index (χ4n) is 3.53. The molecule has 0 saturated carbocycles. The Morgan fingerprint density at radius 1 is 1.06 bits per heavy atom. The van der Waals surface area contributed by atoms with Crippen LogP contribution in [0.3, 0.4) is 0 Å². The summed E-state index contributed by atoms with van der Waals surface area (Å²) < 4.78 is 21.0. The lowest BCUT2D eigenvalue weighted by Crippen LogP contribution is -2.11. The van der Waals surface area contributed by atoms with Gasteiger partial charge in [0, 0.05) is 10.6 Å². The molecule has 7 nitrogen and oxygen atoms in total. The first-order chi connectivity index (χ1) is 16.4. The third-order valence-corrected chi connectivity index (χ3v) is 6.34. The monoisotopic (exact) mass is 478 g/mol. The van der Waals surface area contributed by atoms with Gasteiger partial charge in [-0.05, 0) is 66.9 Å². The lowest BCUT2D eigenvalue weighted by molar-refractivity contribution is -0.479. The highest BCUT2D eigenvalue weighted by Crippen LogP contribution is 2.36. The second-order valence-electron chi connectivity index (χ2n) is 7.81. The molecule has 0 fully saturated rings. The highest BCUT2D eigenvalue weighted by Gasteiger charge is 2.24. The van der Waals surface area contributed by atoms with Gasteiger partial charge in [-0.2, -0.15) is 0 Å². The zero-order valence-electron chi connectivity index (χ0n) is 18.7. The molecule has 0 N–H and O–H groups in total. The van der Waals surface area contributed by atoms with Gasteiger partial charge in [-0.25, -0.2) is 4.39 Å². The maximum Gasteiger partial charge on any atom is 0.220 e. The van der Waals surface area contributed by atoms with Crippen molar-refractivity contribution in [2.45, 2.75) is 30.9 Å². The van der Waals surface area contributed by atoms with Crippen molar-refractivity contribution >= 4 is 11.8 Å². The van der Waals surface area contributed by atoms with Crippen molar-refractivity contribution in [1.29, 1.82) is 0 Å². The molecule has 0 amide bonds. The number of hydrogen-bond acceptors (Lipinski definition) is 6. The summed E-state index contributed by atoms with van der Waals surface area (Å²) >= 11 is 1.30. The van der Waals surface area contributed by atoms with Gasteiger partial charge < -0.3 is 4.74 Å². The van der Waals surface area contributed by atoms with Crippen LogP contribution in [-0.4, -0.2) is 26.2 Å². The predicted octanol–water partition coefficient (Wildman–Crippen LogP) is 5.71. The van der Waals surface area contributed by atoms with Crippen LogP contribution in [0, 0.1) is 29.8 Å². The van der Waals surface area contributed by atoms with Crippen molar-refractivity contribution in [1.82, 2.24) is 14.8 Å². The standard InChI is InChI=1S/C25H23FN4O3S/c1-17-5-3-8-22(13-17)30-18(2)27-28-25(30)34-24(15-29(31)32)20-9-11-23(12-10-20)33-16-19-6-4-7-21(26)14-19/h3-14,24H,15-16H2,1-2H3/t24-/m0/s1. The summed E-state index contributed by atoms with van der Waals surface area (Å²) in [7, 11) is 0. The van der Waals surface area contributed by atoms with E-state index in [0.717, 1.165) is 22.4 Å². The Morgan fingerprint density at radius 2 is 1.82 bits per heavy atom. The highest BCUT2D eigenvalue weighted by molar-refractivity contribution is 7.99. The van der Waals surface area contributed by atoms with Gasteiger partial charge in [0.2, 0.25) is 6.54 Å². The Labute approximate surface area is 200 Å². The SMILES string of the molecule is Cc1cccc(-n2c(C)nnc2S[C@@H](C[N+](=O)[O-])c2ccc(OCc3cccc(F)c3)cc2)c1. The maximum absolute atomic E-state index is 13.4. The Bertz CT molecular complexity index is 1290. The minimum atomic E-state index is -0.473. The van der Waals surface area contributed by atoms with E-state index in [-0.39, 0.29) is 23.9 Å². The van der Waals surface area contributed by atoms with Crippen LogP contribution >= 0.6 is 11.8 Å². The molecular weight excluding hydrogens is 455 g/mol. The fourth-order valence-corrected chi connectivity index (χ4v) is 4.70. The number of aromatic nitrogens is 3. The number of hydrogen-bond donors (Lipinski definition) is 0. The second-order valence-corrected chi connectivity index (χ2v) is 8.98. The van der Waals surface area contributed by atoms with Gasteiger partial charge >= 0.3 is 0 Å². The van der Waals surface area contributed by atoms with Gasteiger partial charge in [-0.3, -0.25) is 14.7 Å². The van der Waals surface area contributed by atoms with Crippen LogP contribution in [0.25, 0.3) is 5.69 Å². The molecule has 34 heavy (non-hydrogen) atoms. The van der Waals surface area contributed by atoms with Gasteiger partial charge in [0.25, 0.3) is 0 Å². The molecule has 4 aromatic rings. The number of nitrogens with zero attached hydrogens (tertiary/aromatic N) is 4. The van der Waals surface area contributed by atoms with Crippen LogP contribution in [0.1, 0.15) is 27.8 Å². The fraction of sp³-hybridized carbons (Fsp3) is 0.200. The number of ether oxygens (including phenoxy) is 1. The van der Waals surface area contributed by atoms with E-state index >= 15 is 0 Å². The molecular formula is C25H23FN4O3S. The Morgan fingerprint density at radius 3 is 2.53 bits per heavy atom. The van der Waals surface area contributed by atoms with E-state index in [1.807, 2.05) is 54.8 Å². The zero-order chi connectivity index (χ0) is 24.1. The van der Waals surface area contributed by atoms with Gasteiger partial charge in [0.15, 0.2) is 5.16 Å². The highest BCUT2D eigenvalue weighted by atomic mass is 32.2. The summed E-state index contributed by atoms with van der Waals surface area (Å²) in [6, 6.07) is 21.3. The molecule has 174 valence electrons. The first-order valence-electron chi connectivity index (χ1n) is 10.6. The largest absolute Gasteiger partial charge is 0.489 e. The molecule has 1 atom stereocenters. The summed E-state index contributed by atoms with van der Waals surface area (Å²) in [4.78, 5) is 11.1. The molecule has 4 rings (SSSR count).